The van der Waals surface area contributed by atoms with Gasteiger partial charge in [0.15, 0.2) is 6.61 Å². The first-order valence-electron chi connectivity index (χ1n) is 6.47. The molecule has 19 heavy (non-hydrogen) atoms. The number of aliphatic hydroxyl groups is 1. The van der Waals surface area contributed by atoms with E-state index in [4.69, 9.17) is 20.3 Å². The molecule has 5 heteroatoms. The SMILES string of the molecule is Nc1ccc(OCC(=O)OCCCCCCO)cc1. The second-order valence-corrected chi connectivity index (χ2v) is 4.22. The van der Waals surface area contributed by atoms with Crippen molar-refractivity contribution in [3.05, 3.63) is 24.3 Å². The Balaban J connectivity index is 2.06. The van der Waals surface area contributed by atoms with Gasteiger partial charge in [0.2, 0.25) is 0 Å². The van der Waals surface area contributed by atoms with E-state index in [0.717, 1.165) is 25.7 Å². The molecular weight excluding hydrogens is 246 g/mol. The standard InChI is InChI=1S/C14H21NO4/c15-12-5-7-13(8-6-12)19-11-14(17)18-10-4-2-1-3-9-16/h5-8,16H,1-4,9-11,15H2. The van der Waals surface area contributed by atoms with Gasteiger partial charge in [0.25, 0.3) is 0 Å². The lowest BCUT2D eigenvalue weighted by Gasteiger charge is -2.07. The van der Waals surface area contributed by atoms with E-state index in [1.807, 2.05) is 0 Å². The summed E-state index contributed by atoms with van der Waals surface area (Å²) in [7, 11) is 0. The largest absolute Gasteiger partial charge is 0.482 e. The molecule has 1 aromatic carbocycles. The van der Waals surface area contributed by atoms with E-state index >= 15 is 0 Å². The lowest BCUT2D eigenvalue weighted by molar-refractivity contribution is -0.146. The number of nitrogen functional groups attached to an aromatic ring is 1. The number of carbonyl (C=O) groups excluding carboxylic acids is 1. The average Bonchev–Trinajstić information content (AvgIpc) is 2.42. The molecular formula is C14H21NO4. The number of hydrogen-bond acceptors (Lipinski definition) is 5. The zero-order valence-corrected chi connectivity index (χ0v) is 11.0. The van der Waals surface area contributed by atoms with Gasteiger partial charge in [0.1, 0.15) is 5.75 Å². The van der Waals surface area contributed by atoms with Crippen LogP contribution in [0, 0.1) is 0 Å². The van der Waals surface area contributed by atoms with E-state index in [-0.39, 0.29) is 19.2 Å². The summed E-state index contributed by atoms with van der Waals surface area (Å²) in [5, 5.41) is 8.60. The van der Waals surface area contributed by atoms with E-state index in [1.54, 1.807) is 24.3 Å². The van der Waals surface area contributed by atoms with Crippen LogP contribution in [0.25, 0.3) is 0 Å². The molecule has 1 rings (SSSR count). The van der Waals surface area contributed by atoms with Crippen LogP contribution in [0.3, 0.4) is 0 Å². The van der Waals surface area contributed by atoms with Crippen molar-refractivity contribution in [3.8, 4) is 5.75 Å². The summed E-state index contributed by atoms with van der Waals surface area (Å²) >= 11 is 0. The summed E-state index contributed by atoms with van der Waals surface area (Å²) in [6, 6.07) is 6.83. The van der Waals surface area contributed by atoms with Crippen molar-refractivity contribution in [2.45, 2.75) is 25.7 Å². The van der Waals surface area contributed by atoms with Crippen molar-refractivity contribution >= 4 is 11.7 Å². The van der Waals surface area contributed by atoms with Gasteiger partial charge >= 0.3 is 5.97 Å². The molecule has 0 atom stereocenters. The zero-order chi connectivity index (χ0) is 13.9. The molecule has 0 unspecified atom stereocenters. The van der Waals surface area contributed by atoms with Crippen LogP contribution in [-0.4, -0.2) is 30.9 Å². The molecule has 0 heterocycles. The van der Waals surface area contributed by atoms with E-state index in [0.29, 0.717) is 18.0 Å². The van der Waals surface area contributed by atoms with Gasteiger partial charge in [-0.2, -0.15) is 0 Å². The van der Waals surface area contributed by atoms with Crippen LogP contribution in [-0.2, 0) is 9.53 Å². The van der Waals surface area contributed by atoms with Gasteiger partial charge in [-0.3, -0.25) is 0 Å². The van der Waals surface area contributed by atoms with Crippen molar-refractivity contribution in [3.63, 3.8) is 0 Å². The average molecular weight is 267 g/mol. The van der Waals surface area contributed by atoms with Crippen LogP contribution in [0.15, 0.2) is 24.3 Å². The van der Waals surface area contributed by atoms with Crippen molar-refractivity contribution in [1.29, 1.82) is 0 Å². The number of anilines is 1. The number of hydrogen-bond donors (Lipinski definition) is 2. The van der Waals surface area contributed by atoms with Crippen molar-refractivity contribution in [2.75, 3.05) is 25.6 Å². The normalized spacial score (nSPS) is 10.2. The maximum absolute atomic E-state index is 11.4. The molecule has 0 saturated heterocycles. The number of carbonyl (C=O) groups is 1. The highest BCUT2D eigenvalue weighted by Crippen LogP contribution is 2.12. The highest BCUT2D eigenvalue weighted by molar-refractivity contribution is 5.71. The second kappa shape index (κ2) is 9.22. The summed E-state index contributed by atoms with van der Waals surface area (Å²) in [5.74, 6) is 0.216. The maximum Gasteiger partial charge on any atom is 0.344 e. The lowest BCUT2D eigenvalue weighted by Crippen LogP contribution is -2.15. The Morgan fingerprint density at radius 3 is 2.47 bits per heavy atom. The van der Waals surface area contributed by atoms with Crippen LogP contribution in [0.1, 0.15) is 25.7 Å². The first kappa shape index (κ1) is 15.3. The maximum atomic E-state index is 11.4. The van der Waals surface area contributed by atoms with E-state index in [2.05, 4.69) is 0 Å². The summed E-state index contributed by atoms with van der Waals surface area (Å²) in [4.78, 5) is 11.4. The van der Waals surface area contributed by atoms with Crippen LogP contribution in [0.5, 0.6) is 5.75 Å². The summed E-state index contributed by atoms with van der Waals surface area (Å²) in [6.07, 6.45) is 3.52. The van der Waals surface area contributed by atoms with Gasteiger partial charge in [0, 0.05) is 12.3 Å². The van der Waals surface area contributed by atoms with Gasteiger partial charge in [-0.25, -0.2) is 4.79 Å². The van der Waals surface area contributed by atoms with Crippen molar-refractivity contribution in [1.82, 2.24) is 0 Å². The molecule has 0 aromatic heterocycles. The fourth-order valence-electron chi connectivity index (χ4n) is 1.50. The number of rotatable bonds is 9. The molecule has 0 spiro atoms. The van der Waals surface area contributed by atoms with Crippen LogP contribution >= 0.6 is 0 Å². The Morgan fingerprint density at radius 2 is 1.79 bits per heavy atom. The number of benzene rings is 1. The predicted molar refractivity (Wildman–Crippen MR) is 72.9 cm³/mol. The minimum Gasteiger partial charge on any atom is -0.482 e. The molecule has 0 fully saturated rings. The molecule has 5 nitrogen and oxygen atoms in total. The minimum absolute atomic E-state index is 0.0967. The number of esters is 1. The van der Waals surface area contributed by atoms with Crippen LogP contribution in [0.4, 0.5) is 5.69 Å². The van der Waals surface area contributed by atoms with Gasteiger partial charge in [-0.05, 0) is 43.5 Å². The third kappa shape index (κ3) is 7.31. The van der Waals surface area contributed by atoms with Crippen molar-refractivity contribution < 1.29 is 19.4 Å². The van der Waals surface area contributed by atoms with E-state index in [9.17, 15) is 4.79 Å². The summed E-state index contributed by atoms with van der Waals surface area (Å²) < 4.78 is 10.3. The zero-order valence-electron chi connectivity index (χ0n) is 11.0. The van der Waals surface area contributed by atoms with E-state index in [1.165, 1.54) is 0 Å². The van der Waals surface area contributed by atoms with Gasteiger partial charge in [-0.1, -0.05) is 6.42 Å². The Kier molecular flexibility index (Phi) is 7.43. The number of nitrogens with two attached hydrogens (primary N) is 1. The molecule has 106 valence electrons. The molecule has 0 saturated carbocycles. The monoisotopic (exact) mass is 267 g/mol. The Hall–Kier alpha value is -1.75. The lowest BCUT2D eigenvalue weighted by atomic mass is 10.2. The fraction of sp³-hybridized carbons (Fsp3) is 0.500. The molecule has 0 aliphatic rings. The molecule has 0 aliphatic heterocycles. The van der Waals surface area contributed by atoms with Crippen LogP contribution < -0.4 is 10.5 Å². The Morgan fingerprint density at radius 1 is 1.11 bits per heavy atom. The molecule has 0 aliphatic carbocycles. The molecule has 3 N–H and O–H groups in total. The number of aliphatic hydroxyl groups excluding tert-OH is 1. The third-order valence-corrected chi connectivity index (χ3v) is 2.55. The number of ether oxygens (including phenoxy) is 2. The van der Waals surface area contributed by atoms with Gasteiger partial charge < -0.3 is 20.3 Å². The molecule has 0 amide bonds. The minimum atomic E-state index is -0.376. The first-order chi connectivity index (χ1) is 9.22. The van der Waals surface area contributed by atoms with Crippen molar-refractivity contribution in [2.24, 2.45) is 0 Å². The first-order valence-corrected chi connectivity index (χ1v) is 6.47. The molecule has 0 bridgehead atoms. The Bertz CT molecular complexity index is 364. The smallest absolute Gasteiger partial charge is 0.344 e. The predicted octanol–water partition coefficient (Wildman–Crippen LogP) is 1.74. The third-order valence-electron chi connectivity index (χ3n) is 2.55. The fourth-order valence-corrected chi connectivity index (χ4v) is 1.50. The summed E-state index contributed by atoms with van der Waals surface area (Å²) in [6.45, 7) is 0.519. The number of unbranched alkanes of at least 4 members (excludes halogenated alkanes) is 3. The van der Waals surface area contributed by atoms with Gasteiger partial charge in [-0.15, -0.1) is 0 Å². The topological polar surface area (TPSA) is 81.8 Å². The summed E-state index contributed by atoms with van der Waals surface area (Å²) in [5.41, 5.74) is 6.19. The second-order valence-electron chi connectivity index (χ2n) is 4.22. The highest BCUT2D eigenvalue weighted by Gasteiger charge is 2.03. The molecule has 0 radical (unpaired) electrons. The van der Waals surface area contributed by atoms with E-state index < -0.39 is 0 Å². The Labute approximate surface area is 113 Å². The van der Waals surface area contributed by atoms with Crippen LogP contribution in [0.2, 0.25) is 0 Å². The van der Waals surface area contributed by atoms with Gasteiger partial charge in [0.05, 0.1) is 6.61 Å². The highest BCUT2D eigenvalue weighted by atomic mass is 16.6. The quantitative estimate of drug-likeness (QED) is 0.404. The molecule has 1 aromatic rings.